The summed E-state index contributed by atoms with van der Waals surface area (Å²) in [5.41, 5.74) is 2.25. The molecule has 1 N–H and O–H groups in total. The number of allylic oxidation sites excluding steroid dienone is 1. The second kappa shape index (κ2) is 6.09. The minimum atomic E-state index is -0.469. The smallest absolute Gasteiger partial charge is 0.410 e. The van der Waals surface area contributed by atoms with Gasteiger partial charge in [-0.05, 0) is 43.0 Å². The third-order valence-corrected chi connectivity index (χ3v) is 2.32. The van der Waals surface area contributed by atoms with Crippen LogP contribution in [0.15, 0.2) is 30.5 Å². The highest BCUT2D eigenvalue weighted by molar-refractivity contribution is 5.71. The summed E-state index contributed by atoms with van der Waals surface area (Å²) >= 11 is 0. The Morgan fingerprint density at radius 3 is 2.65 bits per heavy atom. The molecule has 1 rings (SSSR count). The van der Waals surface area contributed by atoms with E-state index in [9.17, 15) is 4.79 Å². The van der Waals surface area contributed by atoms with E-state index in [0.29, 0.717) is 11.7 Å². The first-order valence-corrected chi connectivity index (χ1v) is 5.74. The van der Waals surface area contributed by atoms with Crippen molar-refractivity contribution in [3.8, 4) is 5.75 Å². The standard InChI is InChI=1S/C14H19NO2/c1-5-6-15-14(16)17-13-8-11(4)7-12(9-13)10(2)3/h5-10H,1-4H3,(H,15,16). The van der Waals surface area contributed by atoms with Crippen LogP contribution < -0.4 is 10.1 Å². The number of aryl methyl sites for hydroxylation is 1. The number of amides is 1. The fourth-order valence-electron chi connectivity index (χ4n) is 1.46. The van der Waals surface area contributed by atoms with Gasteiger partial charge < -0.3 is 4.74 Å². The zero-order valence-corrected chi connectivity index (χ0v) is 10.8. The van der Waals surface area contributed by atoms with Gasteiger partial charge >= 0.3 is 6.09 Å². The van der Waals surface area contributed by atoms with E-state index in [1.165, 1.54) is 5.56 Å². The summed E-state index contributed by atoms with van der Waals surface area (Å²) < 4.78 is 5.19. The van der Waals surface area contributed by atoms with Gasteiger partial charge in [-0.1, -0.05) is 26.0 Å². The van der Waals surface area contributed by atoms with Crippen LogP contribution in [-0.4, -0.2) is 6.09 Å². The molecule has 1 aromatic carbocycles. The zero-order chi connectivity index (χ0) is 12.8. The molecule has 0 aromatic heterocycles. The maximum atomic E-state index is 11.4. The molecule has 0 aliphatic carbocycles. The average molecular weight is 233 g/mol. The van der Waals surface area contributed by atoms with E-state index in [2.05, 4.69) is 25.2 Å². The van der Waals surface area contributed by atoms with Gasteiger partial charge in [0.2, 0.25) is 0 Å². The molecule has 1 aromatic rings. The minimum Gasteiger partial charge on any atom is -0.410 e. The van der Waals surface area contributed by atoms with Gasteiger partial charge in [0.25, 0.3) is 0 Å². The number of hydrogen-bond donors (Lipinski definition) is 1. The molecule has 3 nitrogen and oxygen atoms in total. The number of nitrogens with one attached hydrogen (secondary N) is 1. The first-order valence-electron chi connectivity index (χ1n) is 5.74. The molecule has 0 aliphatic rings. The minimum absolute atomic E-state index is 0.413. The third kappa shape index (κ3) is 4.31. The van der Waals surface area contributed by atoms with E-state index in [-0.39, 0.29) is 0 Å². The van der Waals surface area contributed by atoms with Crippen molar-refractivity contribution in [2.45, 2.75) is 33.6 Å². The van der Waals surface area contributed by atoms with Gasteiger partial charge in [0.05, 0.1) is 0 Å². The number of ether oxygens (including phenoxy) is 1. The van der Waals surface area contributed by atoms with Crippen LogP contribution in [0.4, 0.5) is 4.79 Å². The molecule has 17 heavy (non-hydrogen) atoms. The number of hydrogen-bond acceptors (Lipinski definition) is 2. The summed E-state index contributed by atoms with van der Waals surface area (Å²) in [5, 5.41) is 2.51. The lowest BCUT2D eigenvalue weighted by Gasteiger charge is -2.10. The molecule has 0 fully saturated rings. The van der Waals surface area contributed by atoms with Gasteiger partial charge in [0, 0.05) is 6.20 Å². The Kier molecular flexibility index (Phi) is 4.76. The monoisotopic (exact) mass is 233 g/mol. The second-order valence-electron chi connectivity index (χ2n) is 4.27. The van der Waals surface area contributed by atoms with Crippen LogP contribution in [-0.2, 0) is 0 Å². The highest BCUT2D eigenvalue weighted by atomic mass is 16.5. The highest BCUT2D eigenvalue weighted by Gasteiger charge is 2.06. The molecule has 0 bridgehead atoms. The second-order valence-corrected chi connectivity index (χ2v) is 4.27. The predicted octanol–water partition coefficient (Wildman–Crippen LogP) is 3.74. The van der Waals surface area contributed by atoms with Crippen molar-refractivity contribution in [1.82, 2.24) is 5.32 Å². The molecule has 0 spiro atoms. The Labute approximate surface area is 102 Å². The molecule has 92 valence electrons. The van der Waals surface area contributed by atoms with E-state index in [4.69, 9.17) is 4.74 Å². The van der Waals surface area contributed by atoms with Crippen LogP contribution in [0.1, 0.15) is 37.8 Å². The predicted molar refractivity (Wildman–Crippen MR) is 69.2 cm³/mol. The molecule has 0 heterocycles. The van der Waals surface area contributed by atoms with Gasteiger partial charge in [0.15, 0.2) is 0 Å². The van der Waals surface area contributed by atoms with E-state index in [1.54, 1.807) is 12.3 Å². The molecule has 3 heteroatoms. The van der Waals surface area contributed by atoms with Crippen molar-refractivity contribution < 1.29 is 9.53 Å². The summed E-state index contributed by atoms with van der Waals surface area (Å²) in [4.78, 5) is 11.4. The molecule has 1 amide bonds. The van der Waals surface area contributed by atoms with Gasteiger partial charge in [0.1, 0.15) is 5.75 Å². The molecule has 0 aliphatic heterocycles. The van der Waals surface area contributed by atoms with Crippen LogP contribution in [0.2, 0.25) is 0 Å². The SMILES string of the molecule is CC=CNC(=O)Oc1cc(C)cc(C(C)C)c1. The average Bonchev–Trinajstić information content (AvgIpc) is 2.25. The maximum absolute atomic E-state index is 11.4. The van der Waals surface area contributed by atoms with Crippen LogP contribution in [0.5, 0.6) is 5.75 Å². The fraction of sp³-hybridized carbons (Fsp3) is 0.357. The highest BCUT2D eigenvalue weighted by Crippen LogP contribution is 2.22. The van der Waals surface area contributed by atoms with Gasteiger partial charge in [-0.2, -0.15) is 0 Å². The summed E-state index contributed by atoms with van der Waals surface area (Å²) in [7, 11) is 0. The van der Waals surface area contributed by atoms with E-state index < -0.39 is 6.09 Å². The van der Waals surface area contributed by atoms with Crippen LogP contribution in [0, 0.1) is 6.92 Å². The third-order valence-electron chi connectivity index (χ3n) is 2.32. The first kappa shape index (κ1) is 13.3. The van der Waals surface area contributed by atoms with Crippen molar-refractivity contribution in [1.29, 1.82) is 0 Å². The summed E-state index contributed by atoms with van der Waals surface area (Å²) in [6.45, 7) is 8.03. The van der Waals surface area contributed by atoms with E-state index in [0.717, 1.165) is 5.56 Å². The lowest BCUT2D eigenvalue weighted by molar-refractivity contribution is 0.204. The number of benzene rings is 1. The van der Waals surface area contributed by atoms with Crippen LogP contribution >= 0.6 is 0 Å². The van der Waals surface area contributed by atoms with Gasteiger partial charge in [-0.3, -0.25) is 5.32 Å². The van der Waals surface area contributed by atoms with Crippen LogP contribution in [0.3, 0.4) is 0 Å². The van der Waals surface area contributed by atoms with Crippen molar-refractivity contribution in [2.75, 3.05) is 0 Å². The number of carbonyl (C=O) groups excluding carboxylic acids is 1. The Hall–Kier alpha value is -1.77. The maximum Gasteiger partial charge on any atom is 0.416 e. The number of rotatable bonds is 3. The van der Waals surface area contributed by atoms with Gasteiger partial charge in [-0.15, -0.1) is 0 Å². The summed E-state index contributed by atoms with van der Waals surface area (Å²) in [6.07, 6.45) is 2.81. The molecule has 0 saturated heterocycles. The Balaban J connectivity index is 2.80. The quantitative estimate of drug-likeness (QED) is 0.863. The summed E-state index contributed by atoms with van der Waals surface area (Å²) in [6, 6.07) is 5.84. The van der Waals surface area contributed by atoms with E-state index >= 15 is 0 Å². The molecular weight excluding hydrogens is 214 g/mol. The van der Waals surface area contributed by atoms with Crippen LogP contribution in [0.25, 0.3) is 0 Å². The Morgan fingerprint density at radius 1 is 1.35 bits per heavy atom. The van der Waals surface area contributed by atoms with Crippen molar-refractivity contribution >= 4 is 6.09 Å². The normalized spacial score (nSPS) is 10.9. The first-order chi connectivity index (χ1) is 8.02. The fourth-order valence-corrected chi connectivity index (χ4v) is 1.46. The zero-order valence-electron chi connectivity index (χ0n) is 10.8. The Morgan fingerprint density at radius 2 is 2.06 bits per heavy atom. The number of carbonyl (C=O) groups is 1. The van der Waals surface area contributed by atoms with E-state index in [1.807, 2.05) is 26.0 Å². The molecule has 0 saturated carbocycles. The summed E-state index contributed by atoms with van der Waals surface area (Å²) in [5.74, 6) is 0.992. The molecule has 0 radical (unpaired) electrons. The molecular formula is C14H19NO2. The molecule has 0 unspecified atom stereocenters. The largest absolute Gasteiger partial charge is 0.416 e. The Bertz CT molecular complexity index is 422. The van der Waals surface area contributed by atoms with Gasteiger partial charge in [-0.25, -0.2) is 4.79 Å². The lowest BCUT2D eigenvalue weighted by atomic mass is 10.0. The topological polar surface area (TPSA) is 38.3 Å². The molecule has 0 atom stereocenters. The van der Waals surface area contributed by atoms with Crippen molar-refractivity contribution in [3.05, 3.63) is 41.6 Å². The van der Waals surface area contributed by atoms with Crippen molar-refractivity contribution in [3.63, 3.8) is 0 Å². The lowest BCUT2D eigenvalue weighted by Crippen LogP contribution is -2.21. The van der Waals surface area contributed by atoms with Crippen molar-refractivity contribution in [2.24, 2.45) is 0 Å².